The summed E-state index contributed by atoms with van der Waals surface area (Å²) >= 11 is 0. The van der Waals surface area contributed by atoms with Crippen LogP contribution in [0.1, 0.15) is 38.2 Å². The number of ether oxygens (including phenoxy) is 2. The highest BCUT2D eigenvalue weighted by Gasteiger charge is 2.23. The molecule has 154 valence electrons. The van der Waals surface area contributed by atoms with Gasteiger partial charge in [0.05, 0.1) is 19.8 Å². The SMILES string of the molecule is CCNC(=NCc1ccc2c(c1)OCCCO2)N1CCC(CC(=O)NC)CC1. The molecule has 1 aromatic rings. The van der Waals surface area contributed by atoms with Gasteiger partial charge in [-0.3, -0.25) is 4.79 Å². The summed E-state index contributed by atoms with van der Waals surface area (Å²) in [5, 5.41) is 6.13. The van der Waals surface area contributed by atoms with Gasteiger partial charge in [0.15, 0.2) is 17.5 Å². The van der Waals surface area contributed by atoms with E-state index in [4.69, 9.17) is 14.5 Å². The average molecular weight is 389 g/mol. The maximum Gasteiger partial charge on any atom is 0.220 e. The molecule has 0 unspecified atom stereocenters. The number of nitrogens with zero attached hydrogens (tertiary/aromatic N) is 2. The van der Waals surface area contributed by atoms with Crippen LogP contribution >= 0.6 is 0 Å². The van der Waals surface area contributed by atoms with Crippen LogP contribution in [0.15, 0.2) is 23.2 Å². The van der Waals surface area contributed by atoms with E-state index in [9.17, 15) is 4.79 Å². The Morgan fingerprint density at radius 2 is 1.96 bits per heavy atom. The van der Waals surface area contributed by atoms with Gasteiger partial charge in [-0.2, -0.15) is 0 Å². The summed E-state index contributed by atoms with van der Waals surface area (Å²) in [6.45, 7) is 6.75. The first-order valence-corrected chi connectivity index (χ1v) is 10.3. The van der Waals surface area contributed by atoms with Crippen LogP contribution in [0.4, 0.5) is 0 Å². The fraction of sp³-hybridized carbons (Fsp3) is 0.619. The van der Waals surface area contributed by atoms with Crippen molar-refractivity contribution in [3.8, 4) is 11.5 Å². The molecule has 0 saturated carbocycles. The van der Waals surface area contributed by atoms with Gasteiger partial charge in [0.1, 0.15) is 0 Å². The molecule has 0 aromatic heterocycles. The predicted octanol–water partition coefficient (Wildman–Crippen LogP) is 2.16. The van der Waals surface area contributed by atoms with E-state index in [1.54, 1.807) is 7.05 Å². The number of aliphatic imine (C=N–C) groups is 1. The number of amides is 1. The summed E-state index contributed by atoms with van der Waals surface area (Å²) in [4.78, 5) is 18.7. The Bertz CT molecular complexity index is 684. The molecule has 3 rings (SSSR count). The highest BCUT2D eigenvalue weighted by atomic mass is 16.5. The number of carbonyl (C=O) groups excluding carboxylic acids is 1. The van der Waals surface area contributed by atoms with Gasteiger partial charge in [-0.05, 0) is 43.4 Å². The number of piperidine rings is 1. The number of fused-ring (bicyclic) bond motifs is 1. The Hall–Kier alpha value is -2.44. The zero-order valence-electron chi connectivity index (χ0n) is 17.0. The number of guanidine groups is 1. The third-order valence-electron chi connectivity index (χ3n) is 5.23. The third-order valence-corrected chi connectivity index (χ3v) is 5.23. The topological polar surface area (TPSA) is 75.2 Å². The first-order valence-electron chi connectivity index (χ1n) is 10.3. The molecular formula is C21H32N4O3. The lowest BCUT2D eigenvalue weighted by molar-refractivity contribution is -0.121. The molecule has 28 heavy (non-hydrogen) atoms. The van der Waals surface area contributed by atoms with Crippen LogP contribution in [0.3, 0.4) is 0 Å². The molecule has 2 aliphatic heterocycles. The van der Waals surface area contributed by atoms with Crippen molar-refractivity contribution in [3.63, 3.8) is 0 Å². The number of rotatable bonds is 5. The Morgan fingerprint density at radius 1 is 1.21 bits per heavy atom. The molecule has 2 N–H and O–H groups in total. The lowest BCUT2D eigenvalue weighted by Gasteiger charge is -2.34. The molecule has 0 radical (unpaired) electrons. The van der Waals surface area contributed by atoms with Crippen LogP contribution in [0.2, 0.25) is 0 Å². The van der Waals surface area contributed by atoms with E-state index in [1.807, 2.05) is 12.1 Å². The molecule has 0 spiro atoms. The Balaban J connectivity index is 1.60. The van der Waals surface area contributed by atoms with Crippen LogP contribution in [-0.2, 0) is 11.3 Å². The number of carbonyl (C=O) groups is 1. The van der Waals surface area contributed by atoms with Crippen molar-refractivity contribution in [2.45, 2.75) is 39.2 Å². The zero-order valence-corrected chi connectivity index (χ0v) is 17.0. The van der Waals surface area contributed by atoms with Crippen molar-refractivity contribution in [1.29, 1.82) is 0 Å². The van der Waals surface area contributed by atoms with Gasteiger partial charge >= 0.3 is 0 Å². The van der Waals surface area contributed by atoms with Gasteiger partial charge in [-0.15, -0.1) is 0 Å². The van der Waals surface area contributed by atoms with E-state index >= 15 is 0 Å². The number of benzene rings is 1. The van der Waals surface area contributed by atoms with Crippen molar-refractivity contribution >= 4 is 11.9 Å². The number of likely N-dealkylation sites (tertiary alicyclic amines) is 1. The van der Waals surface area contributed by atoms with Crippen LogP contribution in [0, 0.1) is 5.92 Å². The summed E-state index contributed by atoms with van der Waals surface area (Å²) in [5.74, 6) is 3.16. The molecule has 1 saturated heterocycles. The van der Waals surface area contributed by atoms with E-state index in [-0.39, 0.29) is 5.91 Å². The van der Waals surface area contributed by atoms with Gasteiger partial charge < -0.3 is 25.0 Å². The molecule has 0 bridgehead atoms. The van der Waals surface area contributed by atoms with E-state index in [0.717, 1.165) is 61.9 Å². The molecular weight excluding hydrogens is 356 g/mol. The zero-order chi connectivity index (χ0) is 19.8. The minimum Gasteiger partial charge on any atom is -0.490 e. The van der Waals surface area contributed by atoms with Gasteiger partial charge in [-0.25, -0.2) is 4.99 Å². The second-order valence-corrected chi connectivity index (χ2v) is 7.31. The summed E-state index contributed by atoms with van der Waals surface area (Å²) < 4.78 is 11.5. The van der Waals surface area contributed by atoms with Crippen LogP contribution in [-0.4, -0.2) is 56.7 Å². The minimum absolute atomic E-state index is 0.133. The molecule has 0 atom stereocenters. The maximum atomic E-state index is 11.6. The normalized spacial score (nSPS) is 17.8. The number of hydrogen-bond donors (Lipinski definition) is 2. The van der Waals surface area contributed by atoms with E-state index in [0.29, 0.717) is 32.1 Å². The summed E-state index contributed by atoms with van der Waals surface area (Å²) in [6, 6.07) is 6.06. The van der Waals surface area contributed by atoms with E-state index < -0.39 is 0 Å². The molecule has 7 nitrogen and oxygen atoms in total. The van der Waals surface area contributed by atoms with E-state index in [2.05, 4.69) is 28.5 Å². The Morgan fingerprint density at radius 3 is 2.68 bits per heavy atom. The highest BCUT2D eigenvalue weighted by Crippen LogP contribution is 2.30. The molecule has 1 aromatic carbocycles. The van der Waals surface area contributed by atoms with Crippen molar-refractivity contribution < 1.29 is 14.3 Å². The monoisotopic (exact) mass is 388 g/mol. The highest BCUT2D eigenvalue weighted by molar-refractivity contribution is 5.80. The smallest absolute Gasteiger partial charge is 0.220 e. The third kappa shape index (κ3) is 5.53. The van der Waals surface area contributed by atoms with Crippen LogP contribution < -0.4 is 20.1 Å². The van der Waals surface area contributed by atoms with E-state index in [1.165, 1.54) is 0 Å². The van der Waals surface area contributed by atoms with Gasteiger partial charge in [0, 0.05) is 39.5 Å². The fourth-order valence-electron chi connectivity index (χ4n) is 3.61. The summed E-state index contributed by atoms with van der Waals surface area (Å²) in [6.07, 6.45) is 3.56. The second-order valence-electron chi connectivity index (χ2n) is 7.31. The van der Waals surface area contributed by atoms with Crippen LogP contribution in [0.25, 0.3) is 0 Å². The fourth-order valence-corrected chi connectivity index (χ4v) is 3.61. The summed E-state index contributed by atoms with van der Waals surface area (Å²) in [7, 11) is 1.70. The minimum atomic E-state index is 0.133. The van der Waals surface area contributed by atoms with Crippen molar-refractivity contribution in [3.05, 3.63) is 23.8 Å². The lowest BCUT2D eigenvalue weighted by Crippen LogP contribution is -2.46. The predicted molar refractivity (Wildman–Crippen MR) is 110 cm³/mol. The van der Waals surface area contributed by atoms with Gasteiger partial charge in [0.25, 0.3) is 0 Å². The molecule has 1 fully saturated rings. The quantitative estimate of drug-likeness (QED) is 0.597. The molecule has 2 heterocycles. The van der Waals surface area contributed by atoms with Crippen molar-refractivity contribution in [2.75, 3.05) is 39.9 Å². The van der Waals surface area contributed by atoms with Crippen LogP contribution in [0.5, 0.6) is 11.5 Å². The van der Waals surface area contributed by atoms with Crippen molar-refractivity contribution in [2.24, 2.45) is 10.9 Å². The average Bonchev–Trinajstić information content (AvgIpc) is 2.96. The first-order chi connectivity index (χ1) is 13.7. The largest absolute Gasteiger partial charge is 0.490 e. The van der Waals surface area contributed by atoms with Gasteiger partial charge in [-0.1, -0.05) is 6.07 Å². The molecule has 1 amide bonds. The maximum absolute atomic E-state index is 11.6. The first kappa shape index (κ1) is 20.3. The van der Waals surface area contributed by atoms with Gasteiger partial charge in [0.2, 0.25) is 5.91 Å². The summed E-state index contributed by atoms with van der Waals surface area (Å²) in [5.41, 5.74) is 1.11. The Labute approximate surface area is 167 Å². The Kier molecular flexibility index (Phi) is 7.39. The second kappa shape index (κ2) is 10.2. The number of nitrogens with one attached hydrogen (secondary N) is 2. The standard InChI is InChI=1S/C21H32N4O3/c1-3-23-21(25-9-7-16(8-10-25)14-20(26)22-2)24-15-17-5-6-18-19(13-17)28-12-4-11-27-18/h5-6,13,16H,3-4,7-12,14-15H2,1-2H3,(H,22,26)(H,23,24). The molecule has 0 aliphatic carbocycles. The molecule has 2 aliphatic rings. The lowest BCUT2D eigenvalue weighted by atomic mass is 9.93. The molecule has 7 heteroatoms. The van der Waals surface area contributed by atoms with Crippen molar-refractivity contribution in [1.82, 2.24) is 15.5 Å². The number of hydrogen-bond acceptors (Lipinski definition) is 4.